The molecule has 0 N–H and O–H groups in total. The fraction of sp³-hybridized carbons (Fsp3) is 0.759. The SMILES string of the molecule is CC/C=C\C/C=C\C/C=C\CCCCCCCC(=O)OC(COC(=O)CCCCCCCCCC)COC(=O)CCCCCCCCCCC/C=C\C/C=C\CCCCC. The predicted molar refractivity (Wildman–Crippen MR) is 256 cm³/mol. The molecular weight excluding hydrogens is 745 g/mol. The smallest absolute Gasteiger partial charge is 0.306 e. The summed E-state index contributed by atoms with van der Waals surface area (Å²) >= 11 is 0. The lowest BCUT2D eigenvalue weighted by atomic mass is 10.1. The molecule has 0 bridgehead atoms. The summed E-state index contributed by atoms with van der Waals surface area (Å²) in [5.74, 6) is -0.905. The lowest BCUT2D eigenvalue weighted by molar-refractivity contribution is -0.167. The van der Waals surface area contributed by atoms with Gasteiger partial charge < -0.3 is 14.2 Å². The summed E-state index contributed by atoms with van der Waals surface area (Å²) in [6.45, 7) is 6.46. The van der Waals surface area contributed by atoms with Gasteiger partial charge in [-0.25, -0.2) is 0 Å². The van der Waals surface area contributed by atoms with E-state index in [4.69, 9.17) is 14.2 Å². The van der Waals surface area contributed by atoms with Crippen molar-refractivity contribution in [3.05, 3.63) is 60.8 Å². The van der Waals surface area contributed by atoms with Gasteiger partial charge in [-0.1, -0.05) is 204 Å². The Hall–Kier alpha value is -2.89. The number of unbranched alkanes of at least 4 members (excludes halogenated alkanes) is 24. The Balaban J connectivity index is 4.30. The van der Waals surface area contributed by atoms with Gasteiger partial charge in [-0.2, -0.15) is 0 Å². The maximum Gasteiger partial charge on any atom is 0.306 e. The first-order chi connectivity index (χ1) is 29.5. The van der Waals surface area contributed by atoms with Crippen LogP contribution in [-0.2, 0) is 28.6 Å². The average Bonchev–Trinajstić information content (AvgIpc) is 3.24. The van der Waals surface area contributed by atoms with E-state index < -0.39 is 6.10 Å². The number of ether oxygens (including phenoxy) is 3. The summed E-state index contributed by atoms with van der Waals surface area (Å²) in [5.41, 5.74) is 0. The van der Waals surface area contributed by atoms with E-state index in [2.05, 4.69) is 81.5 Å². The topological polar surface area (TPSA) is 78.9 Å². The van der Waals surface area contributed by atoms with Crippen LogP contribution in [0.1, 0.15) is 245 Å². The van der Waals surface area contributed by atoms with Crippen LogP contribution < -0.4 is 0 Å². The summed E-state index contributed by atoms with van der Waals surface area (Å²) in [6, 6.07) is 0. The van der Waals surface area contributed by atoms with Crippen LogP contribution in [0.3, 0.4) is 0 Å². The van der Waals surface area contributed by atoms with Crippen molar-refractivity contribution in [1.82, 2.24) is 0 Å². The van der Waals surface area contributed by atoms with Gasteiger partial charge in [-0.3, -0.25) is 14.4 Å². The van der Waals surface area contributed by atoms with Crippen molar-refractivity contribution in [1.29, 1.82) is 0 Å². The maximum absolute atomic E-state index is 12.7. The lowest BCUT2D eigenvalue weighted by Crippen LogP contribution is -2.30. The molecular formula is C54H94O6. The van der Waals surface area contributed by atoms with Crippen LogP contribution in [-0.4, -0.2) is 37.2 Å². The molecule has 0 aliphatic heterocycles. The number of allylic oxidation sites excluding steroid dienone is 10. The minimum Gasteiger partial charge on any atom is -0.462 e. The van der Waals surface area contributed by atoms with E-state index in [9.17, 15) is 14.4 Å². The molecule has 60 heavy (non-hydrogen) atoms. The van der Waals surface area contributed by atoms with E-state index in [0.717, 1.165) is 103 Å². The normalized spacial score (nSPS) is 12.5. The van der Waals surface area contributed by atoms with Gasteiger partial charge in [0.2, 0.25) is 0 Å². The van der Waals surface area contributed by atoms with Gasteiger partial charge >= 0.3 is 17.9 Å². The first kappa shape index (κ1) is 57.1. The predicted octanol–water partition coefficient (Wildman–Crippen LogP) is 16.5. The third kappa shape index (κ3) is 46.2. The van der Waals surface area contributed by atoms with Crippen LogP contribution in [0.5, 0.6) is 0 Å². The molecule has 1 unspecified atom stereocenters. The van der Waals surface area contributed by atoms with Gasteiger partial charge in [-0.05, 0) is 83.5 Å². The van der Waals surface area contributed by atoms with E-state index in [1.54, 1.807) is 0 Å². The number of hydrogen-bond donors (Lipinski definition) is 0. The minimum absolute atomic E-state index is 0.0817. The summed E-state index contributed by atoms with van der Waals surface area (Å²) in [4.78, 5) is 37.8. The molecule has 0 saturated carbocycles. The first-order valence-corrected chi connectivity index (χ1v) is 25.3. The largest absolute Gasteiger partial charge is 0.462 e. The van der Waals surface area contributed by atoms with Crippen molar-refractivity contribution in [2.24, 2.45) is 0 Å². The zero-order valence-electron chi connectivity index (χ0n) is 39.5. The van der Waals surface area contributed by atoms with Gasteiger partial charge in [0, 0.05) is 19.3 Å². The summed E-state index contributed by atoms with van der Waals surface area (Å²) in [7, 11) is 0. The number of carbonyl (C=O) groups excluding carboxylic acids is 3. The molecule has 346 valence electrons. The molecule has 0 aromatic carbocycles. The van der Waals surface area contributed by atoms with E-state index in [1.807, 2.05) is 0 Å². The van der Waals surface area contributed by atoms with Crippen LogP contribution in [0.4, 0.5) is 0 Å². The van der Waals surface area contributed by atoms with Crippen molar-refractivity contribution in [2.75, 3.05) is 13.2 Å². The maximum atomic E-state index is 12.7. The van der Waals surface area contributed by atoms with Gasteiger partial charge in [0.15, 0.2) is 6.10 Å². The molecule has 6 nitrogen and oxygen atoms in total. The molecule has 1 atom stereocenters. The van der Waals surface area contributed by atoms with E-state index >= 15 is 0 Å². The van der Waals surface area contributed by atoms with Crippen LogP contribution in [0, 0.1) is 0 Å². The molecule has 6 heteroatoms. The zero-order chi connectivity index (χ0) is 43.7. The summed E-state index contributed by atoms with van der Waals surface area (Å²) in [5, 5.41) is 0. The van der Waals surface area contributed by atoms with Gasteiger partial charge in [-0.15, -0.1) is 0 Å². The van der Waals surface area contributed by atoms with Crippen molar-refractivity contribution in [3.8, 4) is 0 Å². The quantitative estimate of drug-likeness (QED) is 0.0263. The summed E-state index contributed by atoms with van der Waals surface area (Å²) < 4.78 is 16.7. The molecule has 0 amide bonds. The molecule has 0 heterocycles. The van der Waals surface area contributed by atoms with Crippen molar-refractivity contribution >= 4 is 17.9 Å². The number of hydrogen-bond acceptors (Lipinski definition) is 6. The van der Waals surface area contributed by atoms with Crippen LogP contribution in [0.25, 0.3) is 0 Å². The monoisotopic (exact) mass is 839 g/mol. The van der Waals surface area contributed by atoms with Crippen LogP contribution in [0.2, 0.25) is 0 Å². The van der Waals surface area contributed by atoms with Gasteiger partial charge in [0.05, 0.1) is 0 Å². The zero-order valence-corrected chi connectivity index (χ0v) is 39.5. The Morgan fingerprint density at radius 2 is 0.650 bits per heavy atom. The molecule has 0 aromatic rings. The fourth-order valence-corrected chi connectivity index (χ4v) is 6.96. The highest BCUT2D eigenvalue weighted by Gasteiger charge is 2.19. The highest BCUT2D eigenvalue weighted by atomic mass is 16.6. The first-order valence-electron chi connectivity index (χ1n) is 25.3. The van der Waals surface area contributed by atoms with E-state index in [-0.39, 0.29) is 31.1 Å². The second kappa shape index (κ2) is 48.8. The minimum atomic E-state index is -0.781. The fourth-order valence-electron chi connectivity index (χ4n) is 6.96. The number of esters is 3. The second-order valence-electron chi connectivity index (χ2n) is 16.7. The molecule has 0 radical (unpaired) electrons. The summed E-state index contributed by atoms with van der Waals surface area (Å²) in [6.07, 6.45) is 59.2. The average molecular weight is 839 g/mol. The highest BCUT2D eigenvalue weighted by molar-refractivity contribution is 5.71. The molecule has 0 aliphatic carbocycles. The molecule has 0 aliphatic rings. The van der Waals surface area contributed by atoms with Crippen LogP contribution in [0.15, 0.2) is 60.8 Å². The third-order valence-corrected chi connectivity index (χ3v) is 10.8. The lowest BCUT2D eigenvalue weighted by Gasteiger charge is -2.18. The molecule has 0 aromatic heterocycles. The van der Waals surface area contributed by atoms with Crippen molar-refractivity contribution in [2.45, 2.75) is 252 Å². The van der Waals surface area contributed by atoms with Gasteiger partial charge in [0.1, 0.15) is 13.2 Å². The number of carbonyl (C=O) groups is 3. The molecule has 0 rings (SSSR count). The highest BCUT2D eigenvalue weighted by Crippen LogP contribution is 2.14. The van der Waals surface area contributed by atoms with E-state index in [1.165, 1.54) is 103 Å². The Kier molecular flexibility index (Phi) is 46.4. The van der Waals surface area contributed by atoms with Crippen molar-refractivity contribution in [3.63, 3.8) is 0 Å². The van der Waals surface area contributed by atoms with Crippen LogP contribution >= 0.6 is 0 Å². The molecule has 0 spiro atoms. The van der Waals surface area contributed by atoms with Gasteiger partial charge in [0.25, 0.3) is 0 Å². The second-order valence-corrected chi connectivity index (χ2v) is 16.7. The number of rotatable bonds is 45. The van der Waals surface area contributed by atoms with Crippen molar-refractivity contribution < 1.29 is 28.6 Å². The Morgan fingerprint density at radius 3 is 1.05 bits per heavy atom. The van der Waals surface area contributed by atoms with E-state index in [0.29, 0.717) is 19.3 Å². The molecule has 0 fully saturated rings. The molecule has 0 saturated heterocycles. The standard InChI is InChI=1S/C54H94O6/c1-4-7-10-13-16-19-21-23-25-26-27-28-30-31-33-35-38-41-44-47-53(56)59-50-51(49-58-52(55)46-43-40-37-18-15-12-9-6-3)60-54(57)48-45-42-39-36-34-32-29-24-22-20-17-14-11-8-5-2/h8,11,16-17,19-20,23-25,29,51H,4-7,9-10,12-15,18,21-22,26-28,30-50H2,1-3H3/b11-8-,19-16-,20-17-,25-23-,29-24-. The Labute approximate surface area is 370 Å². The Morgan fingerprint density at radius 1 is 0.350 bits per heavy atom. The Bertz CT molecular complexity index is 1100. The third-order valence-electron chi connectivity index (χ3n) is 10.8.